The third-order valence-corrected chi connectivity index (χ3v) is 6.55. The molecular formula is C23H30N4O2S. The number of nitriles is 1. The second-order valence-electron chi connectivity index (χ2n) is 7.93. The third kappa shape index (κ3) is 5.20. The van der Waals surface area contributed by atoms with Gasteiger partial charge in [0.25, 0.3) is 0 Å². The Hall–Kier alpha value is -2.40. The molecule has 0 saturated carbocycles. The molecule has 1 saturated heterocycles. The normalized spacial score (nSPS) is 15.3. The molecule has 2 N–H and O–H groups in total. The van der Waals surface area contributed by atoms with Crippen molar-refractivity contribution in [1.82, 2.24) is 9.80 Å². The second kappa shape index (κ2) is 10.1. The molecule has 0 spiro atoms. The molecule has 0 radical (unpaired) electrons. The maximum absolute atomic E-state index is 12.3. The van der Waals surface area contributed by atoms with Crippen molar-refractivity contribution < 1.29 is 9.53 Å². The van der Waals surface area contributed by atoms with E-state index in [9.17, 15) is 10.1 Å². The standard InChI is InChI=1S/C23H30N4O2S/c1-4-29-23(28)21-20(19(13-24)22(25)30-21)15-27-11-9-26(10-12-27)14-17-5-7-18(8-6-17)16(2)3/h5-8,16H,4,9-12,14-15,25H2,1-3H3. The zero-order valence-electron chi connectivity index (χ0n) is 18.0. The molecule has 0 aliphatic carbocycles. The fourth-order valence-corrected chi connectivity index (χ4v) is 4.64. The largest absolute Gasteiger partial charge is 0.462 e. The molecule has 160 valence electrons. The number of rotatable bonds is 7. The minimum absolute atomic E-state index is 0.300. The van der Waals surface area contributed by atoms with E-state index in [-0.39, 0.29) is 0 Å². The summed E-state index contributed by atoms with van der Waals surface area (Å²) in [4.78, 5) is 17.5. The Morgan fingerprint density at radius 2 is 1.77 bits per heavy atom. The number of hydrogen-bond donors (Lipinski definition) is 1. The van der Waals surface area contributed by atoms with Gasteiger partial charge in [0.15, 0.2) is 0 Å². The van der Waals surface area contributed by atoms with Gasteiger partial charge in [-0.3, -0.25) is 9.80 Å². The highest BCUT2D eigenvalue weighted by Crippen LogP contribution is 2.32. The van der Waals surface area contributed by atoms with Gasteiger partial charge < -0.3 is 10.5 Å². The van der Waals surface area contributed by atoms with Gasteiger partial charge >= 0.3 is 5.97 Å². The Morgan fingerprint density at radius 3 is 2.30 bits per heavy atom. The van der Waals surface area contributed by atoms with Crippen molar-refractivity contribution in [3.05, 3.63) is 51.4 Å². The van der Waals surface area contributed by atoms with Gasteiger partial charge in [-0.15, -0.1) is 11.3 Å². The smallest absolute Gasteiger partial charge is 0.348 e. The molecule has 30 heavy (non-hydrogen) atoms. The number of carbonyl (C=O) groups is 1. The van der Waals surface area contributed by atoms with Crippen LogP contribution in [0.2, 0.25) is 0 Å². The fourth-order valence-electron chi connectivity index (χ4n) is 3.72. The van der Waals surface area contributed by atoms with Crippen molar-refractivity contribution >= 4 is 22.3 Å². The lowest BCUT2D eigenvalue weighted by Gasteiger charge is -2.34. The van der Waals surface area contributed by atoms with Gasteiger partial charge in [0.1, 0.15) is 15.9 Å². The number of esters is 1. The van der Waals surface area contributed by atoms with Crippen LogP contribution in [0.1, 0.15) is 58.6 Å². The van der Waals surface area contributed by atoms with Crippen LogP contribution in [-0.2, 0) is 17.8 Å². The molecule has 0 amide bonds. The van der Waals surface area contributed by atoms with Gasteiger partial charge in [-0.05, 0) is 24.0 Å². The number of thiophene rings is 1. The molecule has 2 heterocycles. The molecule has 0 bridgehead atoms. The number of nitrogens with two attached hydrogens (primary N) is 1. The van der Waals surface area contributed by atoms with E-state index in [1.165, 1.54) is 11.1 Å². The van der Waals surface area contributed by atoms with Crippen molar-refractivity contribution in [1.29, 1.82) is 5.26 Å². The molecule has 1 aliphatic rings. The summed E-state index contributed by atoms with van der Waals surface area (Å²) in [7, 11) is 0. The first kappa shape index (κ1) is 22.3. The minimum Gasteiger partial charge on any atom is -0.462 e. The first-order valence-electron chi connectivity index (χ1n) is 10.4. The molecule has 0 unspecified atom stereocenters. The first-order valence-corrected chi connectivity index (χ1v) is 11.3. The monoisotopic (exact) mass is 426 g/mol. The van der Waals surface area contributed by atoms with Crippen molar-refractivity contribution in [3.8, 4) is 6.07 Å². The van der Waals surface area contributed by atoms with Crippen LogP contribution in [0, 0.1) is 11.3 Å². The zero-order chi connectivity index (χ0) is 21.7. The molecule has 2 aromatic rings. The average molecular weight is 427 g/mol. The lowest BCUT2D eigenvalue weighted by molar-refractivity contribution is 0.0528. The second-order valence-corrected chi connectivity index (χ2v) is 8.98. The molecule has 6 nitrogen and oxygen atoms in total. The van der Waals surface area contributed by atoms with E-state index >= 15 is 0 Å². The Bertz CT molecular complexity index is 907. The van der Waals surface area contributed by atoms with Crippen LogP contribution < -0.4 is 5.73 Å². The predicted molar refractivity (Wildman–Crippen MR) is 120 cm³/mol. The summed E-state index contributed by atoms with van der Waals surface area (Å²) >= 11 is 1.15. The van der Waals surface area contributed by atoms with E-state index in [1.54, 1.807) is 6.92 Å². The molecule has 3 rings (SSSR count). The van der Waals surface area contributed by atoms with E-state index in [0.29, 0.717) is 40.1 Å². The number of carbonyl (C=O) groups excluding carboxylic acids is 1. The summed E-state index contributed by atoms with van der Waals surface area (Å²) < 4.78 is 5.16. The van der Waals surface area contributed by atoms with Gasteiger partial charge in [-0.1, -0.05) is 38.1 Å². The maximum Gasteiger partial charge on any atom is 0.348 e. The summed E-state index contributed by atoms with van der Waals surface area (Å²) in [5.74, 6) is 0.153. The summed E-state index contributed by atoms with van der Waals surface area (Å²) in [6.45, 7) is 11.6. The van der Waals surface area contributed by atoms with Crippen LogP contribution in [-0.4, -0.2) is 48.6 Å². The predicted octanol–water partition coefficient (Wildman–Crippen LogP) is 3.82. The van der Waals surface area contributed by atoms with Gasteiger partial charge in [-0.2, -0.15) is 5.26 Å². The molecule has 1 aromatic carbocycles. The Balaban J connectivity index is 1.61. The zero-order valence-corrected chi connectivity index (χ0v) is 18.8. The van der Waals surface area contributed by atoms with Crippen LogP contribution in [0.3, 0.4) is 0 Å². The molecule has 0 atom stereocenters. The molecule has 1 aromatic heterocycles. The molecule has 1 fully saturated rings. The van der Waals surface area contributed by atoms with Crippen molar-refractivity contribution in [2.45, 2.75) is 39.8 Å². The number of piperazine rings is 1. The van der Waals surface area contributed by atoms with Crippen LogP contribution >= 0.6 is 11.3 Å². The lowest BCUT2D eigenvalue weighted by atomic mass is 10.0. The first-order chi connectivity index (χ1) is 14.4. The van der Waals surface area contributed by atoms with E-state index in [4.69, 9.17) is 10.5 Å². The summed E-state index contributed by atoms with van der Waals surface area (Å²) in [5, 5.41) is 9.90. The van der Waals surface area contributed by atoms with Crippen molar-refractivity contribution in [3.63, 3.8) is 0 Å². The molecule has 7 heteroatoms. The van der Waals surface area contributed by atoms with Gasteiger partial charge in [-0.25, -0.2) is 4.79 Å². The number of hydrogen-bond acceptors (Lipinski definition) is 7. The van der Waals surface area contributed by atoms with Crippen molar-refractivity contribution in [2.24, 2.45) is 0 Å². The van der Waals surface area contributed by atoms with Crippen LogP contribution in [0.25, 0.3) is 0 Å². The van der Waals surface area contributed by atoms with E-state index in [2.05, 4.69) is 54.0 Å². The third-order valence-electron chi connectivity index (χ3n) is 5.51. The minimum atomic E-state index is -0.394. The summed E-state index contributed by atoms with van der Waals surface area (Å²) in [5.41, 5.74) is 9.80. The van der Waals surface area contributed by atoms with E-state index < -0.39 is 5.97 Å². The summed E-state index contributed by atoms with van der Waals surface area (Å²) in [6.07, 6.45) is 0. The highest BCUT2D eigenvalue weighted by molar-refractivity contribution is 7.18. The lowest BCUT2D eigenvalue weighted by Crippen LogP contribution is -2.45. The van der Waals surface area contributed by atoms with E-state index in [1.807, 2.05) is 0 Å². The SMILES string of the molecule is CCOC(=O)c1sc(N)c(C#N)c1CN1CCN(Cc2ccc(C(C)C)cc2)CC1. The highest BCUT2D eigenvalue weighted by atomic mass is 32.1. The number of nitrogen functional groups attached to an aromatic ring is 1. The van der Waals surface area contributed by atoms with Gasteiger partial charge in [0.2, 0.25) is 0 Å². The van der Waals surface area contributed by atoms with Crippen LogP contribution in [0.4, 0.5) is 5.00 Å². The Kier molecular flexibility index (Phi) is 7.48. The van der Waals surface area contributed by atoms with Crippen LogP contribution in [0.15, 0.2) is 24.3 Å². The number of nitrogens with zero attached hydrogens (tertiary/aromatic N) is 3. The summed E-state index contributed by atoms with van der Waals surface area (Å²) in [6, 6.07) is 11.1. The fraction of sp³-hybridized carbons (Fsp3) is 0.478. The molecular weight excluding hydrogens is 396 g/mol. The van der Waals surface area contributed by atoms with Crippen molar-refractivity contribution in [2.75, 3.05) is 38.5 Å². The molecule has 1 aliphatic heterocycles. The van der Waals surface area contributed by atoms with Crippen LogP contribution in [0.5, 0.6) is 0 Å². The topological polar surface area (TPSA) is 82.6 Å². The average Bonchev–Trinajstić information content (AvgIpc) is 3.05. The van der Waals surface area contributed by atoms with Gasteiger partial charge in [0.05, 0.1) is 12.2 Å². The quantitative estimate of drug-likeness (QED) is 0.678. The van der Waals surface area contributed by atoms with Gasteiger partial charge in [0, 0.05) is 44.8 Å². The number of anilines is 1. The number of ether oxygens (including phenoxy) is 1. The maximum atomic E-state index is 12.3. The number of benzene rings is 1. The highest BCUT2D eigenvalue weighted by Gasteiger charge is 2.26. The Labute approximate surface area is 182 Å². The Morgan fingerprint density at radius 1 is 1.17 bits per heavy atom. The van der Waals surface area contributed by atoms with E-state index in [0.717, 1.165) is 44.1 Å².